The van der Waals surface area contributed by atoms with Gasteiger partial charge in [0.25, 0.3) is 5.91 Å². The maximum absolute atomic E-state index is 13.2. The van der Waals surface area contributed by atoms with Crippen LogP contribution >= 0.6 is 0 Å². The number of nitrogens with one attached hydrogen (secondary N) is 1. The summed E-state index contributed by atoms with van der Waals surface area (Å²) >= 11 is 0. The highest BCUT2D eigenvalue weighted by atomic mass is 16.2. The third-order valence-corrected chi connectivity index (χ3v) is 5.91. The Morgan fingerprint density at radius 2 is 2.21 bits per heavy atom. The molecule has 2 aliphatic rings. The molecule has 0 aliphatic carbocycles. The molecule has 4 heterocycles. The third-order valence-electron chi connectivity index (χ3n) is 5.91. The molecule has 28 heavy (non-hydrogen) atoms. The van der Waals surface area contributed by atoms with Crippen molar-refractivity contribution >= 4 is 11.8 Å². The van der Waals surface area contributed by atoms with E-state index in [1.165, 1.54) is 17.2 Å². The van der Waals surface area contributed by atoms with Gasteiger partial charge in [0.1, 0.15) is 11.9 Å². The summed E-state index contributed by atoms with van der Waals surface area (Å²) in [5.74, 6) is 0.645. The van der Waals surface area contributed by atoms with Crippen molar-refractivity contribution in [2.24, 2.45) is 5.41 Å². The molecule has 1 spiro atoms. The summed E-state index contributed by atoms with van der Waals surface area (Å²) in [7, 11) is 0. The second-order valence-electron chi connectivity index (χ2n) is 7.89. The van der Waals surface area contributed by atoms with E-state index in [1.54, 1.807) is 0 Å². The largest absolute Gasteiger partial charge is 0.342 e. The van der Waals surface area contributed by atoms with Crippen molar-refractivity contribution in [3.8, 4) is 5.82 Å². The molecule has 2 aromatic heterocycles. The maximum atomic E-state index is 13.2. The summed E-state index contributed by atoms with van der Waals surface area (Å²) in [4.78, 5) is 29.4. The van der Waals surface area contributed by atoms with Crippen LogP contribution in [0.2, 0.25) is 0 Å². The van der Waals surface area contributed by atoms with Gasteiger partial charge in [-0.1, -0.05) is 13.3 Å². The van der Waals surface area contributed by atoms with Gasteiger partial charge in [-0.05, 0) is 36.1 Å². The van der Waals surface area contributed by atoms with Crippen LogP contribution in [0.4, 0.5) is 0 Å². The van der Waals surface area contributed by atoms with Crippen molar-refractivity contribution in [3.05, 3.63) is 18.1 Å². The number of aromatic nitrogens is 6. The van der Waals surface area contributed by atoms with E-state index in [-0.39, 0.29) is 17.2 Å². The van der Waals surface area contributed by atoms with Crippen molar-refractivity contribution in [3.63, 3.8) is 0 Å². The Kier molecular flexibility index (Phi) is 5.10. The Morgan fingerprint density at radius 1 is 1.32 bits per heavy atom. The molecule has 4 rings (SSSR count). The van der Waals surface area contributed by atoms with Gasteiger partial charge in [-0.2, -0.15) is 9.78 Å². The maximum Gasteiger partial charge on any atom is 0.259 e. The molecular formula is C18H26N8O2. The Hall–Kier alpha value is -2.78. The van der Waals surface area contributed by atoms with Crippen LogP contribution in [-0.2, 0) is 4.79 Å². The molecular weight excluding hydrogens is 360 g/mol. The molecule has 2 saturated heterocycles. The zero-order valence-electron chi connectivity index (χ0n) is 16.2. The molecule has 2 aliphatic heterocycles. The van der Waals surface area contributed by atoms with Gasteiger partial charge in [-0.3, -0.25) is 14.7 Å². The summed E-state index contributed by atoms with van der Waals surface area (Å²) in [5.41, 5.74) is 0.452. The fourth-order valence-electron chi connectivity index (χ4n) is 4.41. The van der Waals surface area contributed by atoms with Gasteiger partial charge in [-0.25, -0.2) is 0 Å². The van der Waals surface area contributed by atoms with E-state index in [0.717, 1.165) is 45.2 Å². The molecule has 1 N–H and O–H groups in total. The monoisotopic (exact) mass is 386 g/mol. The van der Waals surface area contributed by atoms with E-state index in [2.05, 4.69) is 32.6 Å². The molecule has 1 atom stereocenters. The third kappa shape index (κ3) is 3.50. The van der Waals surface area contributed by atoms with Crippen LogP contribution in [0.15, 0.2) is 12.5 Å². The van der Waals surface area contributed by atoms with Crippen LogP contribution in [0.25, 0.3) is 5.82 Å². The van der Waals surface area contributed by atoms with E-state index in [9.17, 15) is 9.59 Å². The van der Waals surface area contributed by atoms with Crippen molar-refractivity contribution in [1.29, 1.82) is 0 Å². The zero-order chi connectivity index (χ0) is 19.6. The van der Waals surface area contributed by atoms with Crippen LogP contribution in [0.5, 0.6) is 0 Å². The first kappa shape index (κ1) is 18.6. The van der Waals surface area contributed by atoms with Crippen LogP contribution in [0.3, 0.4) is 0 Å². The summed E-state index contributed by atoms with van der Waals surface area (Å²) in [6.45, 7) is 5.08. The second-order valence-corrected chi connectivity index (χ2v) is 7.89. The van der Waals surface area contributed by atoms with Gasteiger partial charge in [0.15, 0.2) is 5.82 Å². The molecule has 0 saturated carbocycles. The lowest BCUT2D eigenvalue weighted by atomic mass is 9.73. The van der Waals surface area contributed by atoms with Gasteiger partial charge in [-0.15, -0.1) is 5.10 Å². The van der Waals surface area contributed by atoms with Crippen LogP contribution in [-0.4, -0.2) is 78.2 Å². The predicted molar refractivity (Wildman–Crippen MR) is 99.6 cm³/mol. The van der Waals surface area contributed by atoms with Crippen LogP contribution in [0, 0.1) is 5.41 Å². The van der Waals surface area contributed by atoms with Gasteiger partial charge >= 0.3 is 0 Å². The van der Waals surface area contributed by atoms with E-state index in [1.807, 2.05) is 9.80 Å². The van der Waals surface area contributed by atoms with Crippen molar-refractivity contribution in [2.75, 3.05) is 26.2 Å². The molecule has 150 valence electrons. The van der Waals surface area contributed by atoms with Crippen LogP contribution < -0.4 is 0 Å². The molecule has 2 amide bonds. The van der Waals surface area contributed by atoms with Crippen molar-refractivity contribution < 1.29 is 9.59 Å². The lowest BCUT2D eigenvalue weighted by Gasteiger charge is -2.48. The number of hydrogen-bond donors (Lipinski definition) is 1. The van der Waals surface area contributed by atoms with Gasteiger partial charge in [0.2, 0.25) is 5.91 Å². The highest BCUT2D eigenvalue weighted by Gasteiger charge is 2.43. The number of aromatic amines is 1. The molecule has 2 aromatic rings. The Bertz CT molecular complexity index is 833. The SMILES string of the molecule is CCCCN1C[C@]2(CCCN(C(=O)c3cn[nH]c3-n3cnnn3)C2)CCC1=O. The standard InChI is InChI=1S/C18H26N8O2/c1-2-3-8-24-11-18(7-5-15(24)27)6-4-9-25(12-18)17(28)14-10-19-21-16(14)26-13-20-22-23-26/h10,13H,2-9,11-12H2,1H3,(H,19,21)/t18-/m0/s1. The fraction of sp³-hybridized carbons (Fsp3) is 0.667. The number of carbonyl (C=O) groups is 2. The van der Waals surface area contributed by atoms with Crippen LogP contribution in [0.1, 0.15) is 55.8 Å². The molecule has 0 unspecified atom stereocenters. The molecule has 10 nitrogen and oxygen atoms in total. The number of rotatable bonds is 5. The number of likely N-dealkylation sites (tertiary alicyclic amines) is 2. The van der Waals surface area contributed by atoms with E-state index < -0.39 is 0 Å². The minimum atomic E-state index is -0.0738. The number of amides is 2. The molecule has 0 bridgehead atoms. The first-order valence-corrected chi connectivity index (χ1v) is 9.96. The van der Waals surface area contributed by atoms with Crippen molar-refractivity contribution in [1.82, 2.24) is 40.2 Å². The summed E-state index contributed by atoms with van der Waals surface area (Å²) in [6.07, 6.45) is 8.48. The average Bonchev–Trinajstić information content (AvgIpc) is 3.40. The molecule has 0 aromatic carbocycles. The number of tetrazole rings is 1. The van der Waals surface area contributed by atoms with Crippen molar-refractivity contribution in [2.45, 2.75) is 45.4 Å². The number of carbonyl (C=O) groups excluding carboxylic acids is 2. The summed E-state index contributed by atoms with van der Waals surface area (Å²) in [5, 5.41) is 17.9. The van der Waals surface area contributed by atoms with E-state index in [4.69, 9.17) is 0 Å². The summed E-state index contributed by atoms with van der Waals surface area (Å²) < 4.78 is 1.41. The quantitative estimate of drug-likeness (QED) is 0.821. The fourth-order valence-corrected chi connectivity index (χ4v) is 4.41. The summed E-state index contributed by atoms with van der Waals surface area (Å²) in [6, 6.07) is 0. The van der Waals surface area contributed by atoms with E-state index in [0.29, 0.717) is 30.9 Å². The highest BCUT2D eigenvalue weighted by molar-refractivity contribution is 5.97. The first-order valence-electron chi connectivity index (χ1n) is 9.96. The predicted octanol–water partition coefficient (Wildman–Crippen LogP) is 1.03. The molecule has 10 heteroatoms. The first-order chi connectivity index (χ1) is 13.6. The topological polar surface area (TPSA) is 113 Å². The zero-order valence-corrected chi connectivity index (χ0v) is 16.2. The molecule has 0 radical (unpaired) electrons. The number of nitrogens with zero attached hydrogens (tertiary/aromatic N) is 7. The highest BCUT2D eigenvalue weighted by Crippen LogP contribution is 2.39. The van der Waals surface area contributed by atoms with Gasteiger partial charge < -0.3 is 9.80 Å². The minimum Gasteiger partial charge on any atom is -0.342 e. The smallest absolute Gasteiger partial charge is 0.259 e. The lowest BCUT2D eigenvalue weighted by Crippen LogP contribution is -2.55. The number of piperidine rings is 2. The number of H-pyrrole nitrogens is 1. The number of unbranched alkanes of at least 4 members (excludes halogenated alkanes) is 1. The van der Waals surface area contributed by atoms with Gasteiger partial charge in [0, 0.05) is 38.0 Å². The molecule has 2 fully saturated rings. The number of hydrogen-bond acceptors (Lipinski definition) is 6. The minimum absolute atomic E-state index is 0.00568. The second kappa shape index (κ2) is 7.69. The lowest BCUT2D eigenvalue weighted by molar-refractivity contribution is -0.139. The normalized spacial score (nSPS) is 22.8. The Balaban J connectivity index is 1.50. The average molecular weight is 386 g/mol. The van der Waals surface area contributed by atoms with E-state index >= 15 is 0 Å². The Morgan fingerprint density at radius 3 is 3.00 bits per heavy atom. The Labute approximate surface area is 163 Å². The van der Waals surface area contributed by atoms with Gasteiger partial charge in [0.05, 0.1) is 6.20 Å².